The second kappa shape index (κ2) is 3.10. The van der Waals surface area contributed by atoms with Crippen LogP contribution >= 0.6 is 31.9 Å². The van der Waals surface area contributed by atoms with Crippen molar-refractivity contribution >= 4 is 31.9 Å². The molecule has 1 aromatic heterocycles. The van der Waals surface area contributed by atoms with Crippen molar-refractivity contribution in [1.82, 2.24) is 9.97 Å². The molecule has 0 saturated heterocycles. The molecule has 0 aliphatic carbocycles. The van der Waals surface area contributed by atoms with E-state index in [2.05, 4.69) is 41.8 Å². The van der Waals surface area contributed by atoms with Gasteiger partial charge in [-0.1, -0.05) is 0 Å². The highest BCUT2D eigenvalue weighted by Gasteiger charge is 2.30. The van der Waals surface area contributed by atoms with Gasteiger partial charge in [0.15, 0.2) is 0 Å². The highest BCUT2D eigenvalue weighted by Crippen LogP contribution is 2.31. The van der Waals surface area contributed by atoms with Crippen molar-refractivity contribution in [2.75, 3.05) is 0 Å². The molecule has 2 nitrogen and oxygen atoms in total. The minimum absolute atomic E-state index is 0.541. The first-order chi connectivity index (χ1) is 5.00. The first kappa shape index (κ1) is 8.99. The van der Waals surface area contributed by atoms with Crippen LogP contribution in [0.5, 0.6) is 0 Å². The van der Waals surface area contributed by atoms with Gasteiger partial charge in [0.25, 0.3) is 0 Å². The molecule has 60 valence electrons. The molecule has 1 aromatic rings. The summed E-state index contributed by atoms with van der Waals surface area (Å²) in [7, 11) is 0. The maximum Gasteiger partial charge on any atom is 0.359 e. The Morgan fingerprint density at radius 3 is 2.09 bits per heavy atom. The van der Waals surface area contributed by atoms with E-state index in [4.69, 9.17) is 0 Å². The smallest absolute Gasteiger partial charge is 0.234 e. The second-order valence-corrected chi connectivity index (χ2v) is 3.63. The third-order valence-corrected chi connectivity index (χ3v) is 1.64. The molecule has 1 rings (SSSR count). The van der Waals surface area contributed by atoms with Gasteiger partial charge in [0.2, 0.25) is 5.82 Å². The average Bonchev–Trinajstić information content (AvgIpc) is 1.86. The Bertz CT molecular complexity index is 244. The van der Waals surface area contributed by atoms with Crippen LogP contribution in [-0.2, 0) is 4.83 Å². The van der Waals surface area contributed by atoms with Gasteiger partial charge in [0.05, 0.1) is 4.47 Å². The van der Waals surface area contributed by atoms with Crippen LogP contribution in [0.1, 0.15) is 5.82 Å². The number of halogens is 4. The van der Waals surface area contributed by atoms with Crippen LogP contribution in [-0.4, -0.2) is 9.97 Å². The topological polar surface area (TPSA) is 25.8 Å². The summed E-state index contributed by atoms with van der Waals surface area (Å²) in [5.74, 6) is -0.541. The minimum atomic E-state index is -3.15. The number of alkyl halides is 3. The molecule has 0 aromatic carbocycles. The van der Waals surface area contributed by atoms with Crippen LogP contribution < -0.4 is 0 Å². The molecule has 6 heteroatoms. The van der Waals surface area contributed by atoms with Crippen molar-refractivity contribution in [3.63, 3.8) is 0 Å². The predicted molar refractivity (Wildman–Crippen MR) is 42.6 cm³/mol. The van der Waals surface area contributed by atoms with Gasteiger partial charge >= 0.3 is 4.83 Å². The predicted octanol–water partition coefficient (Wildman–Crippen LogP) is 2.68. The standard InChI is InChI=1S/C5H2Br2F2N2/c6-3-1-10-4(11-2-3)5(7,8)9/h1-2H. The van der Waals surface area contributed by atoms with Crippen LogP contribution in [0.3, 0.4) is 0 Å². The van der Waals surface area contributed by atoms with E-state index in [0.29, 0.717) is 4.47 Å². The Balaban J connectivity index is 2.99. The maximum atomic E-state index is 12.4. The van der Waals surface area contributed by atoms with Crippen molar-refractivity contribution in [2.45, 2.75) is 4.83 Å². The molecular formula is C5H2Br2F2N2. The zero-order valence-electron chi connectivity index (χ0n) is 5.06. The Morgan fingerprint density at radius 2 is 1.73 bits per heavy atom. The molecule has 0 aliphatic rings. The molecule has 0 radical (unpaired) electrons. The first-order valence-electron chi connectivity index (χ1n) is 2.55. The molecular weight excluding hydrogens is 286 g/mol. The van der Waals surface area contributed by atoms with Gasteiger partial charge in [-0.25, -0.2) is 9.97 Å². The summed E-state index contributed by atoms with van der Waals surface area (Å²) < 4.78 is 25.3. The number of hydrogen-bond donors (Lipinski definition) is 0. The molecule has 0 atom stereocenters. The Morgan fingerprint density at radius 1 is 1.27 bits per heavy atom. The molecule has 0 bridgehead atoms. The molecule has 0 saturated carbocycles. The summed E-state index contributed by atoms with van der Waals surface area (Å²) in [4.78, 5) is 3.64. The van der Waals surface area contributed by atoms with Crippen LogP contribution in [0, 0.1) is 0 Å². The van der Waals surface area contributed by atoms with Crippen LogP contribution in [0.15, 0.2) is 16.9 Å². The van der Waals surface area contributed by atoms with Crippen molar-refractivity contribution in [3.8, 4) is 0 Å². The third-order valence-electron chi connectivity index (χ3n) is 0.874. The summed E-state index contributed by atoms with van der Waals surface area (Å²) in [5.41, 5.74) is 0. The van der Waals surface area contributed by atoms with Crippen LogP contribution in [0.2, 0.25) is 0 Å². The molecule has 0 fully saturated rings. The Hall–Kier alpha value is -0.100. The first-order valence-corrected chi connectivity index (χ1v) is 4.13. The van der Waals surface area contributed by atoms with Crippen LogP contribution in [0.25, 0.3) is 0 Å². The molecule has 0 N–H and O–H groups in total. The summed E-state index contributed by atoms with van der Waals surface area (Å²) >= 11 is 5.16. The van der Waals surface area contributed by atoms with Gasteiger partial charge in [-0.2, -0.15) is 8.78 Å². The molecule has 0 amide bonds. The Labute approximate surface area is 78.3 Å². The fourth-order valence-electron chi connectivity index (χ4n) is 0.459. The highest BCUT2D eigenvalue weighted by atomic mass is 79.9. The SMILES string of the molecule is FC(F)(Br)c1ncc(Br)cn1. The number of hydrogen-bond acceptors (Lipinski definition) is 2. The van der Waals surface area contributed by atoms with E-state index < -0.39 is 10.7 Å². The lowest BCUT2D eigenvalue weighted by Gasteiger charge is -2.04. The van der Waals surface area contributed by atoms with E-state index in [-0.39, 0.29) is 0 Å². The Kier molecular flexibility index (Phi) is 2.54. The van der Waals surface area contributed by atoms with Gasteiger partial charge in [0, 0.05) is 12.4 Å². The lowest BCUT2D eigenvalue weighted by atomic mass is 10.6. The van der Waals surface area contributed by atoms with E-state index in [1.807, 2.05) is 0 Å². The lowest BCUT2D eigenvalue weighted by Crippen LogP contribution is -2.07. The fourth-order valence-corrected chi connectivity index (χ4v) is 0.868. The number of rotatable bonds is 1. The van der Waals surface area contributed by atoms with Gasteiger partial charge in [-0.3, -0.25) is 0 Å². The normalized spacial score (nSPS) is 11.6. The number of nitrogens with zero attached hydrogens (tertiary/aromatic N) is 2. The van der Waals surface area contributed by atoms with E-state index in [1.54, 1.807) is 0 Å². The van der Waals surface area contributed by atoms with E-state index >= 15 is 0 Å². The minimum Gasteiger partial charge on any atom is -0.234 e. The number of aromatic nitrogens is 2. The van der Waals surface area contributed by atoms with Gasteiger partial charge < -0.3 is 0 Å². The van der Waals surface area contributed by atoms with E-state index in [1.165, 1.54) is 12.4 Å². The van der Waals surface area contributed by atoms with Crippen molar-refractivity contribution in [1.29, 1.82) is 0 Å². The molecule has 1 heterocycles. The summed E-state index contributed by atoms with van der Waals surface area (Å²) in [6.45, 7) is 0. The molecule has 0 spiro atoms. The third kappa shape index (κ3) is 2.44. The van der Waals surface area contributed by atoms with Gasteiger partial charge in [-0.15, -0.1) is 0 Å². The average molecular weight is 288 g/mol. The summed E-state index contributed by atoms with van der Waals surface area (Å²) in [5, 5.41) is 0. The zero-order valence-corrected chi connectivity index (χ0v) is 8.23. The maximum absolute atomic E-state index is 12.4. The molecule has 0 aliphatic heterocycles. The van der Waals surface area contributed by atoms with Gasteiger partial charge in [0.1, 0.15) is 0 Å². The van der Waals surface area contributed by atoms with E-state index in [0.717, 1.165) is 0 Å². The van der Waals surface area contributed by atoms with Crippen LogP contribution in [0.4, 0.5) is 8.78 Å². The van der Waals surface area contributed by atoms with E-state index in [9.17, 15) is 8.78 Å². The molecule has 0 unspecified atom stereocenters. The highest BCUT2D eigenvalue weighted by molar-refractivity contribution is 9.10. The van der Waals surface area contributed by atoms with Crippen molar-refractivity contribution in [2.24, 2.45) is 0 Å². The second-order valence-electron chi connectivity index (χ2n) is 1.72. The monoisotopic (exact) mass is 286 g/mol. The fraction of sp³-hybridized carbons (Fsp3) is 0.200. The summed E-state index contributed by atoms with van der Waals surface area (Å²) in [6, 6.07) is 0. The van der Waals surface area contributed by atoms with Crippen molar-refractivity contribution in [3.05, 3.63) is 22.7 Å². The quantitative estimate of drug-likeness (QED) is 0.742. The summed E-state index contributed by atoms with van der Waals surface area (Å²) in [6.07, 6.45) is 2.52. The van der Waals surface area contributed by atoms with Crippen molar-refractivity contribution < 1.29 is 8.78 Å². The lowest BCUT2D eigenvalue weighted by molar-refractivity contribution is 0.103. The zero-order chi connectivity index (χ0) is 8.48. The largest absolute Gasteiger partial charge is 0.359 e. The van der Waals surface area contributed by atoms with Gasteiger partial charge in [-0.05, 0) is 31.9 Å². The molecule has 11 heavy (non-hydrogen) atoms.